The van der Waals surface area contributed by atoms with Crippen LogP contribution in [0.1, 0.15) is 38.2 Å². The Hall–Kier alpha value is -5.08. The van der Waals surface area contributed by atoms with Crippen LogP contribution < -0.4 is 16.0 Å². The number of amides is 3. The lowest BCUT2D eigenvalue weighted by atomic mass is 9.99. The van der Waals surface area contributed by atoms with Gasteiger partial charge in [0.05, 0.1) is 17.4 Å². The molecule has 3 amide bonds. The Labute approximate surface area is 244 Å². The number of benzene rings is 4. The van der Waals surface area contributed by atoms with Crippen LogP contribution >= 0.6 is 0 Å². The van der Waals surface area contributed by atoms with Crippen LogP contribution in [0, 0.1) is 0 Å². The molecule has 2 aliphatic heterocycles. The average Bonchev–Trinajstić information content (AvgIpc) is 3.42. The molecule has 1 unspecified atom stereocenters. The molecule has 4 aromatic carbocycles. The van der Waals surface area contributed by atoms with Crippen molar-refractivity contribution in [2.45, 2.75) is 31.7 Å². The maximum Gasteiger partial charge on any atom is 0.272 e. The third kappa shape index (κ3) is 5.32. The molecule has 0 spiro atoms. The zero-order valence-corrected chi connectivity index (χ0v) is 23.2. The maximum absolute atomic E-state index is 14.1. The first-order chi connectivity index (χ1) is 20.4. The highest BCUT2D eigenvalue weighted by Gasteiger charge is 2.36. The molecular formula is C34H31N5O3. The Morgan fingerprint density at radius 1 is 0.881 bits per heavy atom. The van der Waals surface area contributed by atoms with Gasteiger partial charge in [-0.2, -0.15) is 0 Å². The molecule has 2 heterocycles. The number of likely N-dealkylation sites (N-methyl/N-ethyl adjacent to an activating group) is 1. The Kier molecular flexibility index (Phi) is 7.37. The number of nitrogens with two attached hydrogens (primary N) is 1. The van der Waals surface area contributed by atoms with Crippen molar-refractivity contribution in [3.05, 3.63) is 137 Å². The minimum Gasteiger partial charge on any atom is -0.366 e. The van der Waals surface area contributed by atoms with E-state index in [1.165, 1.54) is 16.0 Å². The summed E-state index contributed by atoms with van der Waals surface area (Å²) in [6, 6.07) is 31.8. The van der Waals surface area contributed by atoms with Crippen molar-refractivity contribution < 1.29 is 14.4 Å². The number of rotatable bonds is 7. The highest BCUT2D eigenvalue weighted by atomic mass is 16.2. The molecule has 0 aromatic heterocycles. The number of hydrogen-bond acceptors (Lipinski definition) is 5. The van der Waals surface area contributed by atoms with Gasteiger partial charge in [0, 0.05) is 36.8 Å². The fourth-order valence-electron chi connectivity index (χ4n) is 5.67. The fraction of sp³-hybridized carbons (Fsp3) is 0.176. The zero-order chi connectivity index (χ0) is 29.2. The molecule has 0 aliphatic carbocycles. The summed E-state index contributed by atoms with van der Waals surface area (Å²) in [6.07, 6.45) is -0.660. The van der Waals surface area contributed by atoms with Gasteiger partial charge in [-0.15, -0.1) is 0 Å². The lowest BCUT2D eigenvalue weighted by molar-refractivity contribution is -0.131. The molecule has 210 valence electrons. The molecule has 6 rings (SSSR count). The van der Waals surface area contributed by atoms with Gasteiger partial charge in [-0.25, -0.2) is 4.99 Å². The third-order valence-electron chi connectivity index (χ3n) is 7.95. The molecule has 42 heavy (non-hydrogen) atoms. The SMILES string of the molecule is CN1C(=O)C(NC(=O)[C@@H](Cc2ccccc2)N2Cc3ccccc3C2)N=C(c2ccc(C(N)=O)cc2)c2ccccc21. The summed E-state index contributed by atoms with van der Waals surface area (Å²) in [4.78, 5) is 48.1. The van der Waals surface area contributed by atoms with Gasteiger partial charge in [0.1, 0.15) is 0 Å². The van der Waals surface area contributed by atoms with Gasteiger partial charge in [0.25, 0.3) is 5.91 Å². The number of nitrogens with zero attached hydrogens (tertiary/aromatic N) is 3. The second-order valence-electron chi connectivity index (χ2n) is 10.6. The predicted molar refractivity (Wildman–Crippen MR) is 162 cm³/mol. The van der Waals surface area contributed by atoms with Gasteiger partial charge >= 0.3 is 0 Å². The highest BCUT2D eigenvalue weighted by Crippen LogP contribution is 2.29. The summed E-state index contributed by atoms with van der Waals surface area (Å²) >= 11 is 0. The van der Waals surface area contributed by atoms with Crippen LogP contribution in [0.5, 0.6) is 0 Å². The molecule has 3 N–H and O–H groups in total. The molecule has 0 fully saturated rings. The molecule has 0 saturated heterocycles. The smallest absolute Gasteiger partial charge is 0.272 e. The van der Waals surface area contributed by atoms with Crippen LogP contribution in [-0.4, -0.2) is 47.6 Å². The van der Waals surface area contributed by atoms with E-state index in [9.17, 15) is 14.4 Å². The molecule has 0 radical (unpaired) electrons. The molecule has 2 aliphatic rings. The van der Waals surface area contributed by atoms with Crippen LogP contribution in [0.4, 0.5) is 5.69 Å². The van der Waals surface area contributed by atoms with E-state index in [-0.39, 0.29) is 11.8 Å². The molecular weight excluding hydrogens is 526 g/mol. The number of fused-ring (bicyclic) bond motifs is 2. The van der Waals surface area contributed by atoms with Gasteiger partial charge in [-0.3, -0.25) is 19.3 Å². The Morgan fingerprint density at radius 3 is 2.17 bits per heavy atom. The summed E-state index contributed by atoms with van der Waals surface area (Å²) in [5.74, 6) is -1.14. The first-order valence-corrected chi connectivity index (χ1v) is 13.9. The van der Waals surface area contributed by atoms with Crippen molar-refractivity contribution in [3.63, 3.8) is 0 Å². The topological polar surface area (TPSA) is 108 Å². The van der Waals surface area contributed by atoms with Crippen molar-refractivity contribution in [1.29, 1.82) is 0 Å². The minimum absolute atomic E-state index is 0.267. The summed E-state index contributed by atoms with van der Waals surface area (Å²) in [7, 11) is 1.69. The van der Waals surface area contributed by atoms with Crippen molar-refractivity contribution in [2.24, 2.45) is 10.7 Å². The normalized spacial score (nSPS) is 17.1. The number of carbonyl (C=O) groups is 3. The number of carbonyl (C=O) groups excluding carboxylic acids is 3. The standard InChI is InChI=1S/C34H31N5O3/c1-38-28-14-8-7-13-27(28)30(23-15-17-24(18-16-23)31(35)40)36-32(34(38)42)37-33(41)29(19-22-9-3-2-4-10-22)39-20-25-11-5-6-12-26(25)21-39/h2-18,29,32H,19-21H2,1H3,(H2,35,40)(H,37,41)/t29-,32?/m1/s1. The maximum atomic E-state index is 14.1. The zero-order valence-electron chi connectivity index (χ0n) is 23.2. The number of anilines is 1. The number of primary amides is 1. The van der Waals surface area contributed by atoms with Gasteiger partial charge in [0.15, 0.2) is 0 Å². The van der Waals surface area contributed by atoms with E-state index in [4.69, 9.17) is 10.7 Å². The van der Waals surface area contributed by atoms with Crippen LogP contribution in [0.2, 0.25) is 0 Å². The average molecular weight is 558 g/mol. The van der Waals surface area contributed by atoms with Gasteiger partial charge < -0.3 is 16.0 Å². The number of nitrogens with one attached hydrogen (secondary N) is 1. The van der Waals surface area contributed by atoms with Crippen LogP contribution in [0.15, 0.2) is 108 Å². The largest absolute Gasteiger partial charge is 0.366 e. The van der Waals surface area contributed by atoms with Crippen molar-refractivity contribution >= 4 is 29.1 Å². The van der Waals surface area contributed by atoms with Crippen LogP contribution in [-0.2, 0) is 29.1 Å². The first kappa shape index (κ1) is 27.1. The quantitative estimate of drug-likeness (QED) is 0.362. The van der Waals surface area contributed by atoms with E-state index in [1.807, 2.05) is 66.7 Å². The minimum atomic E-state index is -1.15. The van der Waals surface area contributed by atoms with Gasteiger partial charge in [-0.1, -0.05) is 84.9 Å². The Bertz CT molecular complexity index is 1660. The number of hydrogen-bond donors (Lipinski definition) is 2. The first-order valence-electron chi connectivity index (χ1n) is 13.9. The van der Waals surface area contributed by atoms with Crippen molar-refractivity contribution in [2.75, 3.05) is 11.9 Å². The van der Waals surface area contributed by atoms with Gasteiger partial charge in [0.2, 0.25) is 18.0 Å². The van der Waals surface area contributed by atoms with E-state index in [0.29, 0.717) is 42.0 Å². The Morgan fingerprint density at radius 2 is 1.50 bits per heavy atom. The molecule has 0 bridgehead atoms. The van der Waals surface area contributed by atoms with E-state index in [0.717, 1.165) is 11.1 Å². The second-order valence-corrected chi connectivity index (χ2v) is 10.6. The van der Waals surface area contributed by atoms with Gasteiger partial charge in [-0.05, 0) is 41.3 Å². The molecule has 8 nitrogen and oxygen atoms in total. The summed E-state index contributed by atoms with van der Waals surface area (Å²) in [5, 5.41) is 2.99. The second kappa shape index (κ2) is 11.4. The van der Waals surface area contributed by atoms with Crippen molar-refractivity contribution in [3.8, 4) is 0 Å². The molecule has 2 atom stereocenters. The third-order valence-corrected chi connectivity index (χ3v) is 7.95. The molecule has 8 heteroatoms. The highest BCUT2D eigenvalue weighted by molar-refractivity contribution is 6.20. The lowest BCUT2D eigenvalue weighted by Crippen LogP contribution is -2.53. The Balaban J connectivity index is 1.35. The van der Waals surface area contributed by atoms with E-state index in [1.54, 1.807) is 31.3 Å². The number of aliphatic imine (C=N–C) groups is 1. The molecule has 0 saturated carbocycles. The summed E-state index contributed by atoms with van der Waals surface area (Å²) < 4.78 is 0. The van der Waals surface area contributed by atoms with E-state index < -0.39 is 18.1 Å². The number of para-hydroxylation sites is 1. The van der Waals surface area contributed by atoms with E-state index >= 15 is 0 Å². The fourth-order valence-corrected chi connectivity index (χ4v) is 5.67. The number of benzodiazepines with no additional fused rings is 1. The molecule has 4 aromatic rings. The summed E-state index contributed by atoms with van der Waals surface area (Å²) in [5.41, 5.74) is 11.9. The van der Waals surface area contributed by atoms with Crippen LogP contribution in [0.3, 0.4) is 0 Å². The van der Waals surface area contributed by atoms with Crippen molar-refractivity contribution in [1.82, 2.24) is 10.2 Å². The van der Waals surface area contributed by atoms with E-state index in [2.05, 4.69) is 22.3 Å². The lowest BCUT2D eigenvalue weighted by Gasteiger charge is -2.28. The van der Waals surface area contributed by atoms with Crippen LogP contribution in [0.25, 0.3) is 0 Å². The summed E-state index contributed by atoms with van der Waals surface area (Å²) in [6.45, 7) is 1.29. The predicted octanol–water partition coefficient (Wildman–Crippen LogP) is 3.67. The monoisotopic (exact) mass is 557 g/mol.